The zero-order chi connectivity index (χ0) is 12.6. The van der Waals surface area contributed by atoms with Crippen LogP contribution < -0.4 is 16.8 Å². The molecule has 16 heavy (non-hydrogen) atoms. The summed E-state index contributed by atoms with van der Waals surface area (Å²) in [5, 5.41) is 2.82. The van der Waals surface area contributed by atoms with Crippen LogP contribution in [0.3, 0.4) is 0 Å². The molecule has 7 nitrogen and oxygen atoms in total. The van der Waals surface area contributed by atoms with Crippen LogP contribution in [0.1, 0.15) is 19.8 Å². The van der Waals surface area contributed by atoms with Gasteiger partial charge in [-0.2, -0.15) is 0 Å². The summed E-state index contributed by atoms with van der Waals surface area (Å²) < 4.78 is 4.34. The van der Waals surface area contributed by atoms with Crippen molar-refractivity contribution in [2.75, 3.05) is 13.6 Å². The molecular weight excluding hydrogens is 212 g/mol. The van der Waals surface area contributed by atoms with Gasteiger partial charge in [-0.15, -0.1) is 0 Å². The van der Waals surface area contributed by atoms with E-state index in [0.29, 0.717) is 25.3 Å². The number of nitrogens with zero attached hydrogens (tertiary/aromatic N) is 1. The summed E-state index contributed by atoms with van der Waals surface area (Å²) in [6.07, 6.45) is 1.04. The van der Waals surface area contributed by atoms with Crippen LogP contribution in [0.5, 0.6) is 0 Å². The van der Waals surface area contributed by atoms with Gasteiger partial charge in [-0.1, -0.05) is 0 Å². The molecule has 5 N–H and O–H groups in total. The van der Waals surface area contributed by atoms with Gasteiger partial charge in [-0.3, -0.25) is 9.79 Å². The first-order chi connectivity index (χ1) is 7.47. The van der Waals surface area contributed by atoms with Gasteiger partial charge in [0.15, 0.2) is 5.96 Å². The number of ether oxygens (including phenoxy) is 1. The molecule has 0 saturated heterocycles. The average Bonchev–Trinajstić information content (AvgIpc) is 2.22. The molecule has 0 bridgehead atoms. The molecule has 0 fully saturated rings. The molecule has 0 aromatic carbocycles. The zero-order valence-corrected chi connectivity index (χ0v) is 9.53. The van der Waals surface area contributed by atoms with Gasteiger partial charge >= 0.3 is 11.9 Å². The Morgan fingerprint density at radius 3 is 2.62 bits per heavy atom. The van der Waals surface area contributed by atoms with E-state index in [4.69, 9.17) is 11.5 Å². The van der Waals surface area contributed by atoms with Crippen LogP contribution in [0.2, 0.25) is 0 Å². The standard InChI is InChI=1S/C9H18N4O3/c1-6(14)16-8(15)7(10)4-3-5-13-9(11)12-2/h7H,3-5,10H2,1-2H3,(H3,11,12,13). The van der Waals surface area contributed by atoms with Crippen LogP contribution in [-0.2, 0) is 14.3 Å². The number of nitrogens with one attached hydrogen (secondary N) is 1. The van der Waals surface area contributed by atoms with Crippen molar-refractivity contribution < 1.29 is 14.3 Å². The van der Waals surface area contributed by atoms with Crippen LogP contribution in [-0.4, -0.2) is 37.5 Å². The lowest BCUT2D eigenvalue weighted by molar-refractivity contribution is -0.159. The first-order valence-electron chi connectivity index (χ1n) is 4.91. The fourth-order valence-electron chi connectivity index (χ4n) is 0.953. The van der Waals surface area contributed by atoms with E-state index in [0.717, 1.165) is 6.92 Å². The lowest BCUT2D eigenvalue weighted by Crippen LogP contribution is -2.36. The van der Waals surface area contributed by atoms with Gasteiger partial charge in [-0.05, 0) is 12.8 Å². The molecule has 0 aliphatic rings. The van der Waals surface area contributed by atoms with Gasteiger partial charge in [0.05, 0.1) is 0 Å². The maximum Gasteiger partial charge on any atom is 0.330 e. The summed E-state index contributed by atoms with van der Waals surface area (Å²) in [5.74, 6) is -1.02. The van der Waals surface area contributed by atoms with E-state index < -0.39 is 18.0 Å². The van der Waals surface area contributed by atoms with Crippen molar-refractivity contribution in [2.24, 2.45) is 16.5 Å². The molecule has 0 radical (unpaired) electrons. The Labute approximate surface area is 94.2 Å². The Balaban J connectivity index is 3.69. The largest absolute Gasteiger partial charge is 0.392 e. The Bertz CT molecular complexity index is 278. The number of rotatable bonds is 5. The smallest absolute Gasteiger partial charge is 0.330 e. The molecule has 7 heteroatoms. The van der Waals surface area contributed by atoms with E-state index in [1.807, 2.05) is 0 Å². The van der Waals surface area contributed by atoms with Gasteiger partial charge in [0.1, 0.15) is 6.04 Å². The first kappa shape index (κ1) is 14.4. The molecule has 0 spiro atoms. The second kappa shape index (κ2) is 7.63. The maximum absolute atomic E-state index is 11.1. The van der Waals surface area contributed by atoms with Crippen LogP contribution in [0.4, 0.5) is 0 Å². The van der Waals surface area contributed by atoms with Crippen molar-refractivity contribution in [3.05, 3.63) is 0 Å². The fourth-order valence-corrected chi connectivity index (χ4v) is 0.953. The molecule has 0 aliphatic carbocycles. The van der Waals surface area contributed by atoms with E-state index in [-0.39, 0.29) is 0 Å². The fraction of sp³-hybridized carbons (Fsp3) is 0.667. The second-order valence-corrected chi connectivity index (χ2v) is 3.20. The summed E-state index contributed by atoms with van der Waals surface area (Å²) in [4.78, 5) is 25.3. The molecule has 0 aromatic rings. The number of aliphatic imine (C=N–C) groups is 1. The quantitative estimate of drug-likeness (QED) is 0.178. The number of hydrogen-bond donors (Lipinski definition) is 3. The van der Waals surface area contributed by atoms with Crippen molar-refractivity contribution in [3.8, 4) is 0 Å². The Hall–Kier alpha value is -1.63. The lowest BCUT2D eigenvalue weighted by atomic mass is 10.2. The highest BCUT2D eigenvalue weighted by Gasteiger charge is 2.16. The third-order valence-corrected chi connectivity index (χ3v) is 1.79. The summed E-state index contributed by atoms with van der Waals surface area (Å²) in [5.41, 5.74) is 10.9. The minimum Gasteiger partial charge on any atom is -0.392 e. The van der Waals surface area contributed by atoms with E-state index in [2.05, 4.69) is 15.0 Å². The third-order valence-electron chi connectivity index (χ3n) is 1.79. The van der Waals surface area contributed by atoms with Crippen molar-refractivity contribution in [2.45, 2.75) is 25.8 Å². The Morgan fingerprint density at radius 2 is 2.12 bits per heavy atom. The minimum atomic E-state index is -0.787. The SMILES string of the molecule is CN=C(N)NCCCC(N)C(=O)OC(C)=O. The lowest BCUT2D eigenvalue weighted by Gasteiger charge is -2.09. The van der Waals surface area contributed by atoms with Crippen molar-refractivity contribution in [3.63, 3.8) is 0 Å². The maximum atomic E-state index is 11.1. The van der Waals surface area contributed by atoms with Gasteiger partial charge in [-0.25, -0.2) is 4.79 Å². The highest BCUT2D eigenvalue weighted by atomic mass is 16.6. The molecule has 0 rings (SSSR count). The van der Waals surface area contributed by atoms with E-state index in [1.54, 1.807) is 7.05 Å². The molecule has 0 amide bonds. The molecule has 92 valence electrons. The topological polar surface area (TPSA) is 120 Å². The Kier molecular flexibility index (Phi) is 6.86. The number of hydrogen-bond acceptors (Lipinski definition) is 5. The van der Waals surface area contributed by atoms with Gasteiger partial charge in [0, 0.05) is 20.5 Å². The predicted octanol–water partition coefficient (Wildman–Crippen LogP) is -1.28. The first-order valence-corrected chi connectivity index (χ1v) is 4.91. The van der Waals surface area contributed by atoms with Gasteiger partial charge in [0.2, 0.25) is 0 Å². The molecule has 0 heterocycles. The summed E-state index contributed by atoms with van der Waals surface area (Å²) in [7, 11) is 1.57. The zero-order valence-electron chi connectivity index (χ0n) is 9.53. The highest BCUT2D eigenvalue weighted by molar-refractivity contribution is 5.87. The Morgan fingerprint density at radius 1 is 1.50 bits per heavy atom. The molecular formula is C9H18N4O3. The van der Waals surface area contributed by atoms with Gasteiger partial charge < -0.3 is 21.5 Å². The number of carbonyl (C=O) groups is 2. The second-order valence-electron chi connectivity index (χ2n) is 3.20. The van der Waals surface area contributed by atoms with Crippen molar-refractivity contribution in [1.29, 1.82) is 0 Å². The highest BCUT2D eigenvalue weighted by Crippen LogP contribution is 1.96. The number of guanidine groups is 1. The van der Waals surface area contributed by atoms with Gasteiger partial charge in [0.25, 0.3) is 0 Å². The summed E-state index contributed by atoms with van der Waals surface area (Å²) in [6, 6.07) is -0.787. The number of esters is 2. The van der Waals surface area contributed by atoms with Crippen molar-refractivity contribution >= 4 is 17.9 Å². The van der Waals surface area contributed by atoms with Crippen LogP contribution in [0.15, 0.2) is 4.99 Å². The van der Waals surface area contributed by atoms with Crippen molar-refractivity contribution in [1.82, 2.24) is 5.32 Å². The molecule has 1 unspecified atom stereocenters. The molecule has 1 atom stereocenters. The van der Waals surface area contributed by atoms with E-state index in [9.17, 15) is 9.59 Å². The summed E-state index contributed by atoms with van der Waals surface area (Å²) >= 11 is 0. The van der Waals surface area contributed by atoms with E-state index in [1.165, 1.54) is 0 Å². The third kappa shape index (κ3) is 6.77. The molecule has 0 aliphatic heterocycles. The van der Waals surface area contributed by atoms with E-state index >= 15 is 0 Å². The predicted molar refractivity (Wildman–Crippen MR) is 59.5 cm³/mol. The average molecular weight is 230 g/mol. The minimum absolute atomic E-state index is 0.333. The molecule has 0 aromatic heterocycles. The monoisotopic (exact) mass is 230 g/mol. The summed E-state index contributed by atoms with van der Waals surface area (Å²) in [6.45, 7) is 1.72. The van der Waals surface area contributed by atoms with Crippen LogP contribution >= 0.6 is 0 Å². The number of carbonyl (C=O) groups excluding carboxylic acids is 2. The van der Waals surface area contributed by atoms with Crippen LogP contribution in [0, 0.1) is 0 Å². The van der Waals surface area contributed by atoms with Crippen LogP contribution in [0.25, 0.3) is 0 Å². The number of nitrogens with two attached hydrogens (primary N) is 2. The molecule has 0 saturated carbocycles. The normalized spacial score (nSPS) is 13.1.